The van der Waals surface area contributed by atoms with Crippen molar-refractivity contribution in [1.82, 2.24) is 14.8 Å². The van der Waals surface area contributed by atoms with E-state index in [9.17, 15) is 0 Å². The highest BCUT2D eigenvalue weighted by Gasteiger charge is 2.15. The Labute approximate surface area is 93.6 Å². The molecule has 2 rings (SSSR count). The standard InChI is InChI=1S/C11H12N3O2/c1-15-11(16-2)9-5-3-6-12-10(9)14-8-4-7-13-14/h3,5-8,11H,1-2H3. The lowest BCUT2D eigenvalue weighted by Crippen LogP contribution is -2.10. The molecule has 5 nitrogen and oxygen atoms in total. The summed E-state index contributed by atoms with van der Waals surface area (Å²) in [5.41, 5.74) is 0.824. The fourth-order valence-corrected chi connectivity index (χ4v) is 1.48. The average Bonchev–Trinajstić information content (AvgIpc) is 2.85. The van der Waals surface area contributed by atoms with Gasteiger partial charge in [0.2, 0.25) is 0 Å². The molecule has 0 atom stereocenters. The zero-order chi connectivity index (χ0) is 11.4. The van der Waals surface area contributed by atoms with Gasteiger partial charge in [-0.2, -0.15) is 5.10 Å². The van der Waals surface area contributed by atoms with E-state index in [-0.39, 0.29) is 0 Å². The summed E-state index contributed by atoms with van der Waals surface area (Å²) in [6.45, 7) is 0. The van der Waals surface area contributed by atoms with Gasteiger partial charge in [0.1, 0.15) is 0 Å². The first kappa shape index (κ1) is 10.8. The van der Waals surface area contributed by atoms with Crippen LogP contribution in [0.3, 0.4) is 0 Å². The van der Waals surface area contributed by atoms with E-state index in [1.807, 2.05) is 12.1 Å². The second kappa shape index (κ2) is 4.87. The number of hydrogen-bond acceptors (Lipinski definition) is 4. The highest BCUT2D eigenvalue weighted by Crippen LogP contribution is 2.21. The van der Waals surface area contributed by atoms with Crippen LogP contribution in [0.15, 0.2) is 30.7 Å². The molecule has 1 radical (unpaired) electrons. The number of aromatic nitrogens is 3. The Morgan fingerprint density at radius 2 is 2.19 bits per heavy atom. The van der Waals surface area contributed by atoms with Gasteiger partial charge in [-0.3, -0.25) is 0 Å². The summed E-state index contributed by atoms with van der Waals surface area (Å²) in [7, 11) is 3.17. The van der Waals surface area contributed by atoms with Gasteiger partial charge in [-0.15, -0.1) is 0 Å². The Morgan fingerprint density at radius 1 is 1.38 bits per heavy atom. The maximum absolute atomic E-state index is 5.21. The number of pyridine rings is 1. The zero-order valence-electron chi connectivity index (χ0n) is 9.12. The van der Waals surface area contributed by atoms with Crippen molar-refractivity contribution in [2.24, 2.45) is 0 Å². The van der Waals surface area contributed by atoms with Crippen molar-refractivity contribution >= 4 is 0 Å². The monoisotopic (exact) mass is 218 g/mol. The Morgan fingerprint density at radius 3 is 2.81 bits per heavy atom. The summed E-state index contributed by atoms with van der Waals surface area (Å²) < 4.78 is 12.0. The molecule has 0 saturated carbocycles. The van der Waals surface area contributed by atoms with Crippen LogP contribution in [0.4, 0.5) is 0 Å². The van der Waals surface area contributed by atoms with Gasteiger partial charge < -0.3 is 9.47 Å². The maximum atomic E-state index is 5.21. The smallest absolute Gasteiger partial charge is 0.186 e. The number of ether oxygens (including phenoxy) is 2. The molecule has 0 saturated heterocycles. The fourth-order valence-electron chi connectivity index (χ4n) is 1.48. The topological polar surface area (TPSA) is 49.2 Å². The molecule has 0 aromatic carbocycles. The molecule has 16 heavy (non-hydrogen) atoms. The molecule has 0 aliphatic rings. The van der Waals surface area contributed by atoms with Crippen LogP contribution >= 0.6 is 0 Å². The van der Waals surface area contributed by atoms with Gasteiger partial charge in [0.05, 0.1) is 11.8 Å². The summed E-state index contributed by atoms with van der Waals surface area (Å²) in [4.78, 5) is 4.26. The molecule has 2 heterocycles. The molecular formula is C11H12N3O2. The second-order valence-corrected chi connectivity index (χ2v) is 3.10. The molecule has 0 N–H and O–H groups in total. The van der Waals surface area contributed by atoms with Crippen molar-refractivity contribution in [3.63, 3.8) is 0 Å². The van der Waals surface area contributed by atoms with Crippen LogP contribution in [0, 0.1) is 6.07 Å². The number of rotatable bonds is 4. The summed E-state index contributed by atoms with van der Waals surface area (Å²) in [5, 5.41) is 4.09. The average molecular weight is 218 g/mol. The first-order valence-corrected chi connectivity index (χ1v) is 4.78. The third kappa shape index (κ3) is 1.95. The predicted octanol–water partition coefficient (Wildman–Crippen LogP) is 1.36. The molecule has 2 aromatic heterocycles. The third-order valence-electron chi connectivity index (χ3n) is 2.17. The van der Waals surface area contributed by atoms with Crippen molar-refractivity contribution in [1.29, 1.82) is 0 Å². The normalized spacial score (nSPS) is 10.9. The largest absolute Gasteiger partial charge is 0.352 e. The van der Waals surface area contributed by atoms with Gasteiger partial charge in [-0.1, -0.05) is 0 Å². The summed E-state index contributed by atoms with van der Waals surface area (Å²) in [6.07, 6.45) is 4.53. The SMILES string of the molecule is COC(OC)c1cccnc1-n1c[c]cn1. The molecule has 5 heteroatoms. The second-order valence-electron chi connectivity index (χ2n) is 3.10. The summed E-state index contributed by atoms with van der Waals surface area (Å²) in [6, 6.07) is 6.58. The van der Waals surface area contributed by atoms with E-state index < -0.39 is 6.29 Å². The quantitative estimate of drug-likeness (QED) is 0.727. The first-order chi connectivity index (χ1) is 7.86. The molecule has 83 valence electrons. The van der Waals surface area contributed by atoms with E-state index in [1.54, 1.807) is 37.5 Å². The predicted molar refractivity (Wildman–Crippen MR) is 57.0 cm³/mol. The Balaban J connectivity index is 2.45. The lowest BCUT2D eigenvalue weighted by molar-refractivity contribution is -0.106. The Bertz CT molecular complexity index is 438. The van der Waals surface area contributed by atoms with Crippen molar-refractivity contribution in [2.75, 3.05) is 14.2 Å². The van der Waals surface area contributed by atoms with E-state index in [1.165, 1.54) is 0 Å². The van der Waals surface area contributed by atoms with Crippen LogP contribution in [0.5, 0.6) is 0 Å². The lowest BCUT2D eigenvalue weighted by atomic mass is 10.2. The third-order valence-corrected chi connectivity index (χ3v) is 2.17. The minimum atomic E-state index is -0.451. The van der Waals surface area contributed by atoms with Crippen molar-refractivity contribution in [3.05, 3.63) is 42.4 Å². The molecule has 0 aliphatic carbocycles. The Kier molecular flexibility index (Phi) is 3.28. The van der Waals surface area contributed by atoms with E-state index in [0.717, 1.165) is 5.56 Å². The van der Waals surface area contributed by atoms with E-state index >= 15 is 0 Å². The van der Waals surface area contributed by atoms with Gasteiger partial charge in [0.15, 0.2) is 12.1 Å². The van der Waals surface area contributed by atoms with E-state index in [0.29, 0.717) is 5.82 Å². The summed E-state index contributed by atoms with van der Waals surface area (Å²) in [5.74, 6) is 0.678. The van der Waals surface area contributed by atoms with Crippen LogP contribution in [0.1, 0.15) is 11.9 Å². The van der Waals surface area contributed by atoms with E-state index in [2.05, 4.69) is 16.1 Å². The van der Waals surface area contributed by atoms with Crippen molar-refractivity contribution in [2.45, 2.75) is 6.29 Å². The van der Waals surface area contributed by atoms with Crippen LogP contribution in [-0.4, -0.2) is 29.0 Å². The molecule has 0 fully saturated rings. The molecular weight excluding hydrogens is 206 g/mol. The van der Waals surface area contributed by atoms with Crippen molar-refractivity contribution in [3.8, 4) is 5.82 Å². The molecule has 2 aromatic rings. The molecule has 0 unspecified atom stereocenters. The molecule has 0 spiro atoms. The van der Waals surface area contributed by atoms with Crippen LogP contribution in [0.25, 0.3) is 5.82 Å². The fraction of sp³-hybridized carbons (Fsp3) is 0.273. The minimum Gasteiger partial charge on any atom is -0.352 e. The number of methoxy groups -OCH3 is 2. The van der Waals surface area contributed by atoms with Crippen molar-refractivity contribution < 1.29 is 9.47 Å². The Hall–Kier alpha value is -1.72. The van der Waals surface area contributed by atoms with Gasteiger partial charge in [0, 0.05) is 32.7 Å². The van der Waals surface area contributed by atoms with Gasteiger partial charge in [-0.05, 0) is 12.1 Å². The van der Waals surface area contributed by atoms with Crippen LogP contribution in [0.2, 0.25) is 0 Å². The number of nitrogens with zero attached hydrogens (tertiary/aromatic N) is 3. The van der Waals surface area contributed by atoms with Crippen LogP contribution < -0.4 is 0 Å². The summed E-state index contributed by atoms with van der Waals surface area (Å²) >= 11 is 0. The highest BCUT2D eigenvalue weighted by atomic mass is 16.7. The van der Waals surface area contributed by atoms with E-state index in [4.69, 9.17) is 9.47 Å². The molecule has 0 bridgehead atoms. The lowest BCUT2D eigenvalue weighted by Gasteiger charge is -2.16. The maximum Gasteiger partial charge on any atom is 0.186 e. The minimum absolute atomic E-state index is 0.451. The van der Waals surface area contributed by atoms with Crippen LogP contribution in [-0.2, 0) is 9.47 Å². The first-order valence-electron chi connectivity index (χ1n) is 4.78. The number of hydrogen-bond donors (Lipinski definition) is 0. The van der Waals surface area contributed by atoms with Gasteiger partial charge >= 0.3 is 0 Å². The highest BCUT2D eigenvalue weighted by molar-refractivity contribution is 5.33. The molecule has 0 amide bonds. The van der Waals surface area contributed by atoms with Gasteiger partial charge in [0.25, 0.3) is 0 Å². The van der Waals surface area contributed by atoms with Gasteiger partial charge in [-0.25, -0.2) is 9.67 Å². The zero-order valence-corrected chi connectivity index (χ0v) is 9.12. The molecule has 0 aliphatic heterocycles.